The van der Waals surface area contributed by atoms with Gasteiger partial charge in [-0.3, -0.25) is 0 Å². The van der Waals surface area contributed by atoms with Gasteiger partial charge in [0.2, 0.25) is 0 Å². The fourth-order valence-electron chi connectivity index (χ4n) is 0. The molecule has 0 amide bonds. The summed E-state index contributed by atoms with van der Waals surface area (Å²) in [6, 6.07) is 0. The summed E-state index contributed by atoms with van der Waals surface area (Å²) in [7, 11) is 0. The van der Waals surface area contributed by atoms with Crippen molar-refractivity contribution in [3.8, 4) is 0 Å². The highest BCUT2D eigenvalue weighted by Gasteiger charge is 0.605. The molecule has 11 heavy (non-hydrogen) atoms. The molecule has 0 aromatic rings. The Hall–Kier alpha value is -0.980. The summed E-state index contributed by atoms with van der Waals surface area (Å²) in [5, 5.41) is 0. The molecule has 0 radical (unpaired) electrons. The van der Waals surface area contributed by atoms with Crippen LogP contribution < -0.4 is 30.8 Å². The normalized spacial score (nSPS) is 1.09. The molecule has 0 saturated carbocycles. The lowest BCUT2D eigenvalue weighted by Crippen LogP contribution is -0.552. The molecule has 5 nitrogen and oxygen atoms in total. The van der Waals surface area contributed by atoms with E-state index in [2.05, 4.69) is 39.5 Å². The van der Waals surface area contributed by atoms with Crippen molar-refractivity contribution in [2.24, 2.45) is 0 Å². The van der Waals surface area contributed by atoms with Gasteiger partial charge in [-0.1, -0.05) is 0 Å². The molecular weight excluding hydrogens is 142 g/mol. The van der Waals surface area contributed by atoms with Crippen molar-refractivity contribution in [2.45, 2.75) is 0 Å². The van der Waals surface area contributed by atoms with Crippen molar-refractivity contribution >= 4 is 0 Å². The molecule has 0 aliphatic carbocycles. The molecule has 0 spiro atoms. The van der Waals surface area contributed by atoms with Crippen LogP contribution in [0.4, 0.5) is 0 Å². The first kappa shape index (κ1) is 200. The molecule has 0 rings (SSSR count). The van der Waals surface area contributed by atoms with E-state index in [1.165, 1.54) is 0 Å². The maximum atomic E-state index is 3.00. The standard InChI is InChI=1S/3C2H4.5H3N/c3*1-2;;;;;/h3*1-2H2;5*1H3. The van der Waals surface area contributed by atoms with E-state index in [9.17, 15) is 0 Å². The third-order valence-electron chi connectivity index (χ3n) is 0. The summed E-state index contributed by atoms with van der Waals surface area (Å²) in [6.07, 6.45) is 0. The second kappa shape index (κ2) is 604. The molecule has 0 heterocycles. The summed E-state index contributed by atoms with van der Waals surface area (Å²) < 4.78 is 0. The fraction of sp³-hybridized carbons (Fsp3) is 0. The molecule has 0 unspecified atom stereocenters. The Bertz CT molecular complexity index is 15.7. The minimum absolute atomic E-state index is 0. The van der Waals surface area contributed by atoms with Crippen LogP contribution >= 0.6 is 0 Å². The zero-order valence-electron chi connectivity index (χ0n) is 7.78. The summed E-state index contributed by atoms with van der Waals surface area (Å²) in [5.74, 6) is 0. The Morgan fingerprint density at radius 2 is 0.273 bits per heavy atom. The van der Waals surface area contributed by atoms with Gasteiger partial charge in [-0.2, -0.15) is 0 Å². The van der Waals surface area contributed by atoms with E-state index in [1.807, 2.05) is 0 Å². The van der Waals surface area contributed by atoms with Crippen LogP contribution in [0.2, 0.25) is 0 Å². The molecule has 0 aromatic heterocycles. The molecule has 0 aromatic carbocycles. The van der Waals surface area contributed by atoms with Crippen LogP contribution in [0.25, 0.3) is 0 Å². The van der Waals surface area contributed by atoms with Crippen LogP contribution in [0, 0.1) is 0 Å². The average Bonchev–Trinajstić information content (AvgIpc) is 1.81. The third kappa shape index (κ3) is 463. The molecule has 0 saturated heterocycles. The Balaban J connectivity index is -0.00000000167. The van der Waals surface area contributed by atoms with Gasteiger partial charge >= 0.3 is 0 Å². The summed E-state index contributed by atoms with van der Waals surface area (Å²) >= 11 is 0. The molecule has 0 bridgehead atoms. The topological polar surface area (TPSA) is 175 Å². The molecule has 0 fully saturated rings. The van der Waals surface area contributed by atoms with Gasteiger partial charge in [0.25, 0.3) is 0 Å². The lowest BCUT2D eigenvalue weighted by molar-refractivity contribution is 2.13. The molecule has 0 aliphatic rings. The van der Waals surface area contributed by atoms with Crippen molar-refractivity contribution in [1.29, 1.82) is 0 Å². The van der Waals surface area contributed by atoms with E-state index in [4.69, 9.17) is 0 Å². The van der Waals surface area contributed by atoms with Crippen molar-refractivity contribution in [2.75, 3.05) is 0 Å². The third-order valence-corrected chi connectivity index (χ3v) is 0. The summed E-state index contributed by atoms with van der Waals surface area (Å²) in [4.78, 5) is 0. The predicted octanol–water partition coefficient (Wildman–Crippen LogP) is 3.22. The first-order chi connectivity index (χ1) is 3.00. The van der Waals surface area contributed by atoms with Gasteiger partial charge < -0.3 is 30.8 Å². The van der Waals surface area contributed by atoms with Gasteiger partial charge in [0.1, 0.15) is 0 Å². The van der Waals surface area contributed by atoms with Crippen LogP contribution in [0.3, 0.4) is 0 Å². The highest BCUT2D eigenvalue weighted by atomic mass is 14.0. The minimum atomic E-state index is 0. The quantitative estimate of drug-likeness (QED) is 0.349. The maximum Gasteiger partial charge on any atom is -0.106 e. The molecule has 15 N–H and O–H groups in total. The zero-order chi connectivity index (χ0) is 6.00. The monoisotopic (exact) mass is 169 g/mol. The lowest BCUT2D eigenvalue weighted by atomic mass is 11.3. The van der Waals surface area contributed by atoms with Crippen LogP contribution in [-0.2, 0) is 0 Å². The van der Waals surface area contributed by atoms with Crippen molar-refractivity contribution in [3.05, 3.63) is 39.5 Å². The highest BCUT2D eigenvalue weighted by Crippen LogP contribution is 0.866. The lowest BCUT2D eigenvalue weighted by Gasteiger charge is -0.813. The minimum Gasteiger partial charge on any atom is -0.344 e. The predicted molar refractivity (Wildman–Crippen MR) is 58.9 cm³/mol. The Morgan fingerprint density at radius 1 is 0.273 bits per heavy atom. The Labute approximate surface area is 71.2 Å². The van der Waals surface area contributed by atoms with E-state index in [-0.39, 0.29) is 30.8 Å². The molecule has 76 valence electrons. The van der Waals surface area contributed by atoms with Gasteiger partial charge in [0.05, 0.1) is 0 Å². The van der Waals surface area contributed by atoms with Gasteiger partial charge in [-0.15, -0.1) is 39.5 Å². The van der Waals surface area contributed by atoms with E-state index in [0.717, 1.165) is 0 Å². The van der Waals surface area contributed by atoms with Gasteiger partial charge in [-0.05, 0) is 0 Å². The van der Waals surface area contributed by atoms with Gasteiger partial charge in [0.15, 0.2) is 0 Å². The van der Waals surface area contributed by atoms with Crippen LogP contribution in [0.15, 0.2) is 39.5 Å². The van der Waals surface area contributed by atoms with Crippen LogP contribution in [0.1, 0.15) is 0 Å². The highest BCUT2D eigenvalue weighted by molar-refractivity contribution is 4.22. The average molecular weight is 169 g/mol. The number of rotatable bonds is 0. The largest absolute Gasteiger partial charge is 0.344 e. The van der Waals surface area contributed by atoms with Crippen LogP contribution in [-0.4, -0.2) is 0 Å². The molecule has 5 heteroatoms. The number of hydrogen-bond donors (Lipinski definition) is 5. The maximum absolute atomic E-state index is 3.00. The van der Waals surface area contributed by atoms with E-state index in [0.29, 0.717) is 0 Å². The van der Waals surface area contributed by atoms with E-state index in [1.54, 1.807) is 0 Å². The van der Waals surface area contributed by atoms with Crippen molar-refractivity contribution in [1.82, 2.24) is 30.8 Å². The Kier molecular flexibility index (Phi) is 11000. The first-order valence-electron chi connectivity index (χ1n) is 1.50. The fourth-order valence-corrected chi connectivity index (χ4v) is 0. The second-order valence-electron chi connectivity index (χ2n) is 0. The van der Waals surface area contributed by atoms with Crippen LogP contribution in [0.5, 0.6) is 0 Å². The molecular formula is C6H27N5. The first-order valence-corrected chi connectivity index (χ1v) is 1.50. The smallest absolute Gasteiger partial charge is 0.106 e. The molecule has 0 atom stereocenters. The Morgan fingerprint density at radius 3 is 0.273 bits per heavy atom. The van der Waals surface area contributed by atoms with Gasteiger partial charge in [-0.25, -0.2) is 0 Å². The van der Waals surface area contributed by atoms with E-state index >= 15 is 0 Å². The van der Waals surface area contributed by atoms with Crippen molar-refractivity contribution in [3.63, 3.8) is 0 Å². The van der Waals surface area contributed by atoms with E-state index < -0.39 is 0 Å². The zero-order valence-corrected chi connectivity index (χ0v) is 7.78. The van der Waals surface area contributed by atoms with Gasteiger partial charge in [0, 0.05) is 0 Å². The SMILES string of the molecule is C=C.C=C.C=C.N.N.N.N.N. The molecule has 0 aliphatic heterocycles. The van der Waals surface area contributed by atoms with Crippen molar-refractivity contribution < 1.29 is 0 Å². The number of hydrogen-bond acceptors (Lipinski definition) is 5. The second-order valence-corrected chi connectivity index (χ2v) is 0. The summed E-state index contributed by atoms with van der Waals surface area (Å²) in [5.41, 5.74) is 0. The summed E-state index contributed by atoms with van der Waals surface area (Å²) in [6.45, 7) is 18.0.